The second-order valence-electron chi connectivity index (χ2n) is 25.0. The molecule has 0 N–H and O–H groups in total. The van der Waals surface area contributed by atoms with Crippen LogP contribution in [0.2, 0.25) is 0 Å². The lowest BCUT2D eigenvalue weighted by Crippen LogP contribution is -2.60. The van der Waals surface area contributed by atoms with Crippen LogP contribution in [0.1, 0.15) is 79.0 Å². The first-order valence-corrected chi connectivity index (χ1v) is 29.0. The van der Waals surface area contributed by atoms with Gasteiger partial charge in [0.2, 0.25) is 0 Å². The molecule has 0 atom stereocenters. The zero-order chi connectivity index (χ0) is 54.8. The molecule has 2 aliphatic rings. The minimum absolute atomic E-state index is 0.000670. The fourth-order valence-corrected chi connectivity index (χ4v) is 13.7. The van der Waals surface area contributed by atoms with E-state index in [4.69, 9.17) is 4.42 Å². The summed E-state index contributed by atoms with van der Waals surface area (Å²) >= 11 is 1.95. The summed E-state index contributed by atoms with van der Waals surface area (Å²) in [6.07, 6.45) is 0. The van der Waals surface area contributed by atoms with E-state index in [1.165, 1.54) is 65.0 Å². The number of hydrogen-bond acceptors (Lipinski definition) is 5. The molecule has 0 fully saturated rings. The summed E-state index contributed by atoms with van der Waals surface area (Å²) < 4.78 is 9.20. The van der Waals surface area contributed by atoms with Gasteiger partial charge in [0.25, 0.3) is 6.71 Å². The Morgan fingerprint density at radius 3 is 1.69 bits per heavy atom. The van der Waals surface area contributed by atoms with E-state index in [1.54, 1.807) is 0 Å². The average Bonchev–Trinajstić information content (AvgIpc) is 4.06. The molecule has 14 rings (SSSR count). The monoisotopic (exact) mass is 1050 g/mol. The molecule has 2 aromatic heterocycles. The van der Waals surface area contributed by atoms with Gasteiger partial charge in [0.1, 0.15) is 11.2 Å². The van der Waals surface area contributed by atoms with Crippen LogP contribution in [0.25, 0.3) is 54.3 Å². The van der Waals surface area contributed by atoms with E-state index in [9.17, 15) is 0 Å². The van der Waals surface area contributed by atoms with Crippen LogP contribution >= 0.6 is 11.3 Å². The molecule has 80 heavy (non-hydrogen) atoms. The van der Waals surface area contributed by atoms with Gasteiger partial charge in [-0.1, -0.05) is 196 Å². The Hall–Kier alpha value is -8.58. The first kappa shape index (κ1) is 49.7. The number of furan rings is 1. The number of fused-ring (bicyclic) bond motifs is 9. The molecule has 0 amide bonds. The number of benzene rings is 10. The third-order valence-electron chi connectivity index (χ3n) is 16.7. The van der Waals surface area contributed by atoms with Crippen LogP contribution in [0.4, 0.5) is 51.2 Å². The van der Waals surface area contributed by atoms with Gasteiger partial charge in [-0.25, -0.2) is 0 Å². The lowest BCUT2D eigenvalue weighted by molar-refractivity contribution is 0.590. The van der Waals surface area contributed by atoms with Crippen LogP contribution in [0.15, 0.2) is 229 Å². The van der Waals surface area contributed by atoms with Crippen LogP contribution in [-0.4, -0.2) is 6.71 Å². The molecule has 4 nitrogen and oxygen atoms in total. The summed E-state index contributed by atoms with van der Waals surface area (Å²) in [6.45, 7) is 20.7. The molecule has 0 saturated carbocycles. The van der Waals surface area contributed by atoms with Gasteiger partial charge in [0, 0.05) is 71.0 Å². The summed E-state index contributed by atoms with van der Waals surface area (Å²) in [7, 11) is 0. The summed E-state index contributed by atoms with van der Waals surface area (Å²) in [5.41, 5.74) is 23.1. The fourth-order valence-electron chi connectivity index (χ4n) is 12.4. The smallest absolute Gasteiger partial charge is 0.264 e. The van der Waals surface area contributed by atoms with Crippen LogP contribution in [-0.2, 0) is 16.2 Å². The molecule has 0 saturated heterocycles. The number of rotatable bonds is 7. The molecule has 0 aliphatic carbocycles. The van der Waals surface area contributed by atoms with Crippen LogP contribution in [0.5, 0.6) is 0 Å². The summed E-state index contributed by atoms with van der Waals surface area (Å²) in [6, 6.07) is 84.0. The Morgan fingerprint density at radius 2 is 0.988 bits per heavy atom. The summed E-state index contributed by atoms with van der Waals surface area (Å²) in [5.74, 6) is 0. The van der Waals surface area contributed by atoms with E-state index < -0.39 is 0 Å². The Labute approximate surface area is 475 Å². The molecule has 4 heterocycles. The second-order valence-corrected chi connectivity index (χ2v) is 26.1. The van der Waals surface area contributed by atoms with Crippen molar-refractivity contribution in [2.24, 2.45) is 0 Å². The zero-order valence-corrected chi connectivity index (χ0v) is 47.9. The van der Waals surface area contributed by atoms with Crippen molar-refractivity contribution in [2.75, 3.05) is 14.7 Å². The average molecular weight is 1050 g/mol. The fraction of sp³-hybridized carbons (Fsp3) is 0.162. The lowest BCUT2D eigenvalue weighted by atomic mass is 9.36. The maximum atomic E-state index is 6.56. The maximum Gasteiger partial charge on any atom is 0.264 e. The van der Waals surface area contributed by atoms with Crippen LogP contribution < -0.4 is 30.4 Å². The van der Waals surface area contributed by atoms with Crippen molar-refractivity contribution < 1.29 is 4.42 Å². The van der Waals surface area contributed by atoms with Crippen molar-refractivity contribution in [1.82, 2.24) is 0 Å². The third kappa shape index (κ3) is 8.26. The highest BCUT2D eigenvalue weighted by Crippen LogP contribution is 2.52. The second kappa shape index (κ2) is 18.5. The highest BCUT2D eigenvalue weighted by Gasteiger charge is 2.46. The predicted octanol–water partition coefficient (Wildman–Crippen LogP) is 19.6. The molecule has 10 aromatic carbocycles. The largest absolute Gasteiger partial charge is 0.456 e. The Morgan fingerprint density at radius 1 is 0.412 bits per heavy atom. The van der Waals surface area contributed by atoms with Crippen LogP contribution in [0, 0.1) is 0 Å². The Kier molecular flexibility index (Phi) is 11.5. The predicted molar refractivity (Wildman–Crippen MR) is 345 cm³/mol. The highest BCUT2D eigenvalue weighted by molar-refractivity contribution is 7.33. The normalized spacial score (nSPS) is 13.2. The minimum atomic E-state index is -0.0877. The van der Waals surface area contributed by atoms with Crippen molar-refractivity contribution in [1.29, 1.82) is 0 Å². The number of para-hydroxylation sites is 2. The first-order chi connectivity index (χ1) is 38.6. The molecule has 0 bridgehead atoms. The van der Waals surface area contributed by atoms with Crippen molar-refractivity contribution in [3.05, 3.63) is 241 Å². The van der Waals surface area contributed by atoms with Gasteiger partial charge in [0.15, 0.2) is 0 Å². The van der Waals surface area contributed by atoms with Crippen molar-refractivity contribution in [3.8, 4) is 22.3 Å². The summed E-state index contributed by atoms with van der Waals surface area (Å²) in [5, 5.41) is 3.48. The minimum Gasteiger partial charge on any atom is -0.456 e. The van der Waals surface area contributed by atoms with Gasteiger partial charge in [0.05, 0.1) is 11.4 Å². The molecule has 0 radical (unpaired) electrons. The van der Waals surface area contributed by atoms with Crippen molar-refractivity contribution in [2.45, 2.75) is 78.6 Å². The lowest BCUT2D eigenvalue weighted by Gasteiger charge is -2.44. The standard InChI is InChI=1S/C74H64BN3OS/c1-72(2,3)50-28-33-53(34-29-50)76(62-26-18-16-24-57(62)48-22-14-11-15-23-48)56-37-39-61-63(46-56)77(55-38-40-67-59(45-55)58-25-17-19-27-66(58)79-67)64-42-49(47-20-12-10-13-21-47)43-65-69(64)75(61)71-70(60-44-52(74(7,8)9)32-41-68(60)80-71)78(65)54-35-30-51(31-36-54)73(4,5)6/h10-46H,1-9H3. The van der Waals surface area contributed by atoms with Crippen molar-refractivity contribution in [3.63, 3.8) is 0 Å². The van der Waals surface area contributed by atoms with E-state index in [0.717, 1.165) is 72.9 Å². The van der Waals surface area contributed by atoms with E-state index in [1.807, 2.05) is 11.3 Å². The summed E-state index contributed by atoms with van der Waals surface area (Å²) in [4.78, 5) is 7.66. The molecule has 6 heteroatoms. The topological polar surface area (TPSA) is 22.9 Å². The molecular formula is C74H64BN3OS. The van der Waals surface area contributed by atoms with Gasteiger partial charge >= 0.3 is 0 Å². The number of thiophene rings is 1. The van der Waals surface area contributed by atoms with Crippen LogP contribution in [0.3, 0.4) is 0 Å². The molecule has 12 aromatic rings. The molecule has 390 valence electrons. The number of nitrogens with zero attached hydrogens (tertiary/aromatic N) is 3. The van der Waals surface area contributed by atoms with Gasteiger partial charge in [-0.15, -0.1) is 11.3 Å². The maximum absolute atomic E-state index is 6.56. The zero-order valence-electron chi connectivity index (χ0n) is 47.1. The van der Waals surface area contributed by atoms with E-state index in [0.29, 0.717) is 0 Å². The van der Waals surface area contributed by atoms with Gasteiger partial charge in [-0.2, -0.15) is 0 Å². The Balaban J connectivity index is 1.10. The highest BCUT2D eigenvalue weighted by atomic mass is 32.1. The quantitative estimate of drug-likeness (QED) is 0.148. The van der Waals surface area contributed by atoms with Crippen molar-refractivity contribution >= 4 is 117 Å². The number of hydrogen-bond donors (Lipinski definition) is 0. The molecule has 0 unspecified atom stereocenters. The van der Waals surface area contributed by atoms with Gasteiger partial charge in [-0.05, 0) is 152 Å². The van der Waals surface area contributed by atoms with E-state index in [2.05, 4.69) is 301 Å². The molecule has 2 aliphatic heterocycles. The van der Waals surface area contributed by atoms with Gasteiger partial charge < -0.3 is 19.1 Å². The molecular weight excluding hydrogens is 990 g/mol. The SMILES string of the molecule is CC(C)(C)c1ccc(N(c2ccc3c(c2)N(c2ccc4oc5ccccc5c4c2)c2cc(-c4ccccc4)cc4c2B3c2sc3ccc(C(C)(C)C)cc3c2N4c2ccc(C(C)(C)C)cc2)c2ccccc2-c2ccccc2)cc1. The Bertz CT molecular complexity index is 4360. The van der Waals surface area contributed by atoms with E-state index >= 15 is 0 Å². The van der Waals surface area contributed by atoms with E-state index in [-0.39, 0.29) is 23.0 Å². The number of anilines is 9. The molecule has 0 spiro atoms. The first-order valence-electron chi connectivity index (χ1n) is 28.2. The van der Waals surface area contributed by atoms with Gasteiger partial charge in [-0.3, -0.25) is 0 Å². The third-order valence-corrected chi connectivity index (χ3v) is 17.9.